The number of hydrogen-bond acceptors (Lipinski definition) is 5. The Bertz CT molecular complexity index is 580. The molecule has 0 spiro atoms. The Morgan fingerprint density at radius 1 is 1.39 bits per heavy atom. The quantitative estimate of drug-likeness (QED) is 0.738. The molecule has 1 amide bonds. The lowest BCUT2D eigenvalue weighted by Crippen LogP contribution is -2.22. The van der Waals surface area contributed by atoms with E-state index in [1.807, 2.05) is 12.3 Å². The molecule has 1 heterocycles. The van der Waals surface area contributed by atoms with Crippen LogP contribution < -0.4 is 5.32 Å². The lowest BCUT2D eigenvalue weighted by atomic mass is 10.2. The van der Waals surface area contributed by atoms with Gasteiger partial charge in [-0.3, -0.25) is 4.79 Å². The molecule has 1 aromatic heterocycles. The van der Waals surface area contributed by atoms with Crippen LogP contribution in [-0.2, 0) is 6.54 Å². The van der Waals surface area contributed by atoms with E-state index in [9.17, 15) is 9.90 Å². The minimum atomic E-state index is -0.323. The van der Waals surface area contributed by atoms with Gasteiger partial charge in [0.05, 0.1) is 17.2 Å². The number of benzene rings is 1. The number of carbonyl (C=O) groups excluding carboxylic acids is 1. The van der Waals surface area contributed by atoms with E-state index in [2.05, 4.69) is 10.3 Å². The molecule has 5 nitrogen and oxygen atoms in total. The summed E-state index contributed by atoms with van der Waals surface area (Å²) in [6, 6.07) is 3.94. The summed E-state index contributed by atoms with van der Waals surface area (Å²) < 4.78 is 0. The summed E-state index contributed by atoms with van der Waals surface area (Å²) >= 11 is 1.52. The number of hydrogen-bond donors (Lipinski definition) is 3. The number of thiazole rings is 1. The number of amides is 1. The minimum absolute atomic E-state index is 0.248. The fraction of sp³-hybridized carbons (Fsp3) is 0.167. The molecule has 3 N–H and O–H groups in total. The molecule has 0 radical (unpaired) electrons. The van der Waals surface area contributed by atoms with Crippen LogP contribution in [0, 0.1) is 6.92 Å². The zero-order chi connectivity index (χ0) is 13.1. The lowest BCUT2D eigenvalue weighted by Gasteiger charge is -2.04. The summed E-state index contributed by atoms with van der Waals surface area (Å²) in [5.74, 6) is -0.884. The molecule has 0 saturated heterocycles. The number of nitrogens with zero attached hydrogens (tertiary/aromatic N) is 1. The summed E-state index contributed by atoms with van der Waals surface area (Å²) in [6.45, 7) is 2.23. The van der Waals surface area contributed by atoms with Gasteiger partial charge in [0.2, 0.25) is 0 Å². The fourth-order valence-electron chi connectivity index (χ4n) is 1.43. The van der Waals surface area contributed by atoms with Gasteiger partial charge in [-0.05, 0) is 25.1 Å². The molecule has 0 aliphatic carbocycles. The monoisotopic (exact) mass is 264 g/mol. The summed E-state index contributed by atoms with van der Waals surface area (Å²) in [5, 5.41) is 24.0. The average Bonchev–Trinajstić information content (AvgIpc) is 2.75. The lowest BCUT2D eigenvalue weighted by molar-refractivity contribution is 0.0950. The first-order valence-corrected chi connectivity index (χ1v) is 6.15. The fourth-order valence-corrected chi connectivity index (χ4v) is 2.04. The van der Waals surface area contributed by atoms with Crippen LogP contribution >= 0.6 is 11.3 Å². The van der Waals surface area contributed by atoms with Crippen molar-refractivity contribution in [1.29, 1.82) is 0 Å². The molecule has 0 unspecified atom stereocenters. The van der Waals surface area contributed by atoms with Crippen LogP contribution in [0.25, 0.3) is 0 Å². The van der Waals surface area contributed by atoms with Crippen molar-refractivity contribution < 1.29 is 15.0 Å². The summed E-state index contributed by atoms with van der Waals surface area (Å²) in [6.07, 6.45) is 0. The minimum Gasteiger partial charge on any atom is -0.504 e. The van der Waals surface area contributed by atoms with Crippen molar-refractivity contribution in [2.24, 2.45) is 0 Å². The van der Waals surface area contributed by atoms with E-state index in [0.29, 0.717) is 6.54 Å². The van der Waals surface area contributed by atoms with Gasteiger partial charge in [0.1, 0.15) is 0 Å². The van der Waals surface area contributed by atoms with E-state index >= 15 is 0 Å². The standard InChI is InChI=1S/C12H12N2O3S/c1-7-14-9(6-18-7)5-13-12(17)8-2-3-10(15)11(16)4-8/h2-4,6,15-16H,5H2,1H3,(H,13,17). The maximum atomic E-state index is 11.8. The predicted octanol–water partition coefficient (Wildman–Crippen LogP) is 1.79. The van der Waals surface area contributed by atoms with Crippen LogP contribution in [0.15, 0.2) is 23.6 Å². The van der Waals surface area contributed by atoms with Gasteiger partial charge in [0.25, 0.3) is 5.91 Å². The number of phenols is 2. The van der Waals surface area contributed by atoms with Crippen molar-refractivity contribution >= 4 is 17.2 Å². The van der Waals surface area contributed by atoms with Crippen molar-refractivity contribution in [3.05, 3.63) is 39.8 Å². The third-order valence-corrected chi connectivity index (χ3v) is 3.16. The first-order chi connectivity index (χ1) is 8.56. The maximum absolute atomic E-state index is 11.8. The summed E-state index contributed by atoms with van der Waals surface area (Å²) in [5.41, 5.74) is 1.09. The van der Waals surface area contributed by atoms with Gasteiger partial charge in [-0.2, -0.15) is 0 Å². The second-order valence-corrected chi connectivity index (χ2v) is 4.81. The van der Waals surface area contributed by atoms with E-state index in [0.717, 1.165) is 10.7 Å². The number of phenolic OH excluding ortho intramolecular Hbond substituents is 2. The van der Waals surface area contributed by atoms with E-state index in [1.165, 1.54) is 29.5 Å². The molecule has 0 fully saturated rings. The number of aryl methyl sites for hydroxylation is 1. The van der Waals surface area contributed by atoms with Crippen molar-refractivity contribution in [3.63, 3.8) is 0 Å². The van der Waals surface area contributed by atoms with E-state index in [4.69, 9.17) is 5.11 Å². The first-order valence-electron chi connectivity index (χ1n) is 5.27. The third kappa shape index (κ3) is 2.78. The highest BCUT2D eigenvalue weighted by molar-refractivity contribution is 7.09. The average molecular weight is 264 g/mol. The van der Waals surface area contributed by atoms with Gasteiger partial charge in [0, 0.05) is 10.9 Å². The second kappa shape index (κ2) is 5.05. The Labute approximate surface area is 108 Å². The summed E-state index contributed by atoms with van der Waals surface area (Å²) in [7, 11) is 0. The highest BCUT2D eigenvalue weighted by Gasteiger charge is 2.09. The Hall–Kier alpha value is -2.08. The molecule has 2 rings (SSSR count). The molecular weight excluding hydrogens is 252 g/mol. The highest BCUT2D eigenvalue weighted by atomic mass is 32.1. The zero-order valence-electron chi connectivity index (χ0n) is 9.67. The predicted molar refractivity (Wildman–Crippen MR) is 67.8 cm³/mol. The van der Waals surface area contributed by atoms with Gasteiger partial charge in [-0.25, -0.2) is 4.98 Å². The molecule has 0 atom stereocenters. The maximum Gasteiger partial charge on any atom is 0.251 e. The number of carbonyl (C=O) groups is 1. The molecule has 18 heavy (non-hydrogen) atoms. The smallest absolute Gasteiger partial charge is 0.251 e. The van der Waals surface area contributed by atoms with Crippen molar-refractivity contribution in [1.82, 2.24) is 10.3 Å². The van der Waals surface area contributed by atoms with Crippen LogP contribution in [0.2, 0.25) is 0 Å². The van der Waals surface area contributed by atoms with Gasteiger partial charge < -0.3 is 15.5 Å². The van der Waals surface area contributed by atoms with E-state index in [1.54, 1.807) is 0 Å². The Balaban J connectivity index is 2.01. The molecule has 0 bridgehead atoms. The first kappa shape index (κ1) is 12.4. The van der Waals surface area contributed by atoms with E-state index in [-0.39, 0.29) is 23.0 Å². The molecule has 0 saturated carbocycles. The van der Waals surface area contributed by atoms with Gasteiger partial charge in [-0.15, -0.1) is 11.3 Å². The zero-order valence-corrected chi connectivity index (χ0v) is 10.5. The van der Waals surface area contributed by atoms with Gasteiger partial charge >= 0.3 is 0 Å². The Morgan fingerprint density at radius 2 is 2.17 bits per heavy atom. The van der Waals surface area contributed by atoms with Gasteiger partial charge in [0.15, 0.2) is 11.5 Å². The summed E-state index contributed by atoms with van der Waals surface area (Å²) in [4.78, 5) is 16.0. The normalized spacial score (nSPS) is 10.3. The molecule has 1 aromatic carbocycles. The molecule has 0 aliphatic rings. The topological polar surface area (TPSA) is 82.5 Å². The second-order valence-electron chi connectivity index (χ2n) is 3.74. The molecule has 0 aliphatic heterocycles. The number of aromatic nitrogens is 1. The Morgan fingerprint density at radius 3 is 2.78 bits per heavy atom. The molecule has 94 valence electrons. The highest BCUT2D eigenvalue weighted by Crippen LogP contribution is 2.24. The van der Waals surface area contributed by atoms with Crippen molar-refractivity contribution in [2.75, 3.05) is 0 Å². The Kier molecular flexibility index (Phi) is 3.47. The number of aromatic hydroxyl groups is 2. The van der Waals surface area contributed by atoms with Crippen molar-refractivity contribution in [2.45, 2.75) is 13.5 Å². The van der Waals surface area contributed by atoms with Crippen LogP contribution in [0.5, 0.6) is 11.5 Å². The number of nitrogens with one attached hydrogen (secondary N) is 1. The SMILES string of the molecule is Cc1nc(CNC(=O)c2ccc(O)c(O)c2)cs1. The molecular formula is C12H12N2O3S. The van der Waals surface area contributed by atoms with Crippen LogP contribution in [-0.4, -0.2) is 21.1 Å². The van der Waals surface area contributed by atoms with Crippen LogP contribution in [0.4, 0.5) is 0 Å². The van der Waals surface area contributed by atoms with Gasteiger partial charge in [-0.1, -0.05) is 0 Å². The number of rotatable bonds is 3. The molecule has 6 heteroatoms. The largest absolute Gasteiger partial charge is 0.504 e. The van der Waals surface area contributed by atoms with E-state index < -0.39 is 0 Å². The molecule has 2 aromatic rings. The van der Waals surface area contributed by atoms with Crippen LogP contribution in [0.1, 0.15) is 21.1 Å². The van der Waals surface area contributed by atoms with Crippen molar-refractivity contribution in [3.8, 4) is 11.5 Å². The van der Waals surface area contributed by atoms with Crippen LogP contribution in [0.3, 0.4) is 0 Å². The third-order valence-electron chi connectivity index (χ3n) is 2.33.